The fourth-order valence-electron chi connectivity index (χ4n) is 1.74. The molecule has 1 aliphatic rings. The lowest BCUT2D eigenvalue weighted by molar-refractivity contribution is -0.127. The van der Waals surface area contributed by atoms with Crippen LogP contribution in [-0.4, -0.2) is 18.1 Å². The van der Waals surface area contributed by atoms with Gasteiger partial charge in [-0.1, -0.05) is 12.1 Å². The van der Waals surface area contributed by atoms with Crippen molar-refractivity contribution in [2.24, 2.45) is 5.92 Å². The van der Waals surface area contributed by atoms with Gasteiger partial charge in [-0.05, 0) is 53.7 Å². The van der Waals surface area contributed by atoms with Gasteiger partial charge in [0.1, 0.15) is 11.8 Å². The molecule has 0 heterocycles. The summed E-state index contributed by atoms with van der Waals surface area (Å²) in [6, 6.07) is 9.09. The topological polar surface area (TPSA) is 62.1 Å². The number of nitrogens with zero attached hydrogens (tertiary/aromatic N) is 1. The highest BCUT2D eigenvalue weighted by Gasteiger charge is 2.33. The summed E-state index contributed by atoms with van der Waals surface area (Å²) in [5.41, 5.74) is 0. The molecule has 0 aliphatic heterocycles. The van der Waals surface area contributed by atoms with Gasteiger partial charge in [0.05, 0.1) is 10.5 Å². The number of halogens is 1. The highest BCUT2D eigenvalue weighted by molar-refractivity contribution is 9.10. The zero-order chi connectivity index (χ0) is 13.8. The maximum Gasteiger partial charge on any atom is 0.261 e. The van der Waals surface area contributed by atoms with Gasteiger partial charge >= 0.3 is 0 Å². The number of nitrogens with one attached hydrogen (secondary N) is 1. The zero-order valence-electron chi connectivity index (χ0n) is 10.6. The standard InChI is InChI=1S/C14H15BrN2O2/c1-9(19-13-5-3-2-4-11(13)15)14(18)17-12(8-16)10-6-7-10/h2-5,9-10,12H,6-7H2,1H3,(H,17,18)/t9-,12-/m1/s1. The van der Waals surface area contributed by atoms with Crippen LogP contribution in [0.1, 0.15) is 19.8 Å². The molecule has 0 aromatic heterocycles. The predicted octanol–water partition coefficient (Wildman–Crippen LogP) is 2.63. The Morgan fingerprint density at radius 3 is 2.79 bits per heavy atom. The number of rotatable bonds is 5. The molecule has 1 saturated carbocycles. The second-order valence-corrected chi connectivity index (χ2v) is 5.50. The van der Waals surface area contributed by atoms with Gasteiger partial charge in [0.2, 0.25) is 0 Å². The lowest BCUT2D eigenvalue weighted by atomic mass is 10.2. The molecule has 0 saturated heterocycles. The fraction of sp³-hybridized carbons (Fsp3) is 0.429. The molecule has 19 heavy (non-hydrogen) atoms. The van der Waals surface area contributed by atoms with E-state index in [1.807, 2.05) is 18.2 Å². The first-order valence-corrected chi connectivity index (χ1v) is 7.02. The molecule has 1 aromatic carbocycles. The number of benzene rings is 1. The van der Waals surface area contributed by atoms with Crippen LogP contribution in [-0.2, 0) is 4.79 Å². The van der Waals surface area contributed by atoms with E-state index in [0.29, 0.717) is 11.7 Å². The Hall–Kier alpha value is -1.54. The minimum Gasteiger partial charge on any atom is -0.480 e. The van der Waals surface area contributed by atoms with Gasteiger partial charge in [-0.25, -0.2) is 0 Å². The summed E-state index contributed by atoms with van der Waals surface area (Å²) in [6.07, 6.45) is 1.39. The number of ether oxygens (including phenoxy) is 1. The summed E-state index contributed by atoms with van der Waals surface area (Å²) in [4.78, 5) is 12.0. The summed E-state index contributed by atoms with van der Waals surface area (Å²) in [5, 5.41) is 11.7. The Kier molecular flexibility index (Phi) is 4.43. The number of para-hydroxylation sites is 1. The summed E-state index contributed by atoms with van der Waals surface area (Å²) >= 11 is 3.36. The predicted molar refractivity (Wildman–Crippen MR) is 74.5 cm³/mol. The molecule has 2 rings (SSSR count). The van der Waals surface area contributed by atoms with Crippen LogP contribution < -0.4 is 10.1 Å². The highest BCUT2D eigenvalue weighted by Crippen LogP contribution is 2.32. The maximum atomic E-state index is 12.0. The van der Waals surface area contributed by atoms with Crippen LogP contribution in [0.2, 0.25) is 0 Å². The van der Waals surface area contributed by atoms with E-state index < -0.39 is 12.1 Å². The van der Waals surface area contributed by atoms with E-state index >= 15 is 0 Å². The molecule has 5 heteroatoms. The number of hydrogen-bond acceptors (Lipinski definition) is 3. The molecule has 0 unspecified atom stereocenters. The van der Waals surface area contributed by atoms with Crippen LogP contribution in [0.25, 0.3) is 0 Å². The van der Waals surface area contributed by atoms with Crippen molar-refractivity contribution in [2.45, 2.75) is 31.9 Å². The van der Waals surface area contributed by atoms with E-state index in [4.69, 9.17) is 10.00 Å². The Morgan fingerprint density at radius 2 is 2.21 bits per heavy atom. The molecule has 1 fully saturated rings. The van der Waals surface area contributed by atoms with Crippen molar-refractivity contribution >= 4 is 21.8 Å². The van der Waals surface area contributed by atoms with Gasteiger partial charge in [-0.15, -0.1) is 0 Å². The van der Waals surface area contributed by atoms with Crippen molar-refractivity contribution < 1.29 is 9.53 Å². The van der Waals surface area contributed by atoms with Gasteiger partial charge < -0.3 is 10.1 Å². The normalized spacial score (nSPS) is 17.1. The monoisotopic (exact) mass is 322 g/mol. The first-order valence-electron chi connectivity index (χ1n) is 6.23. The molecule has 4 nitrogen and oxygen atoms in total. The van der Waals surface area contributed by atoms with Crippen LogP contribution >= 0.6 is 15.9 Å². The third-order valence-corrected chi connectivity index (χ3v) is 3.70. The fourth-order valence-corrected chi connectivity index (χ4v) is 2.12. The first kappa shape index (κ1) is 13.9. The molecular formula is C14H15BrN2O2. The van der Waals surface area contributed by atoms with E-state index in [1.54, 1.807) is 13.0 Å². The summed E-state index contributed by atoms with van der Waals surface area (Å²) in [7, 11) is 0. The van der Waals surface area contributed by atoms with E-state index in [1.165, 1.54) is 0 Å². The van der Waals surface area contributed by atoms with Crippen LogP contribution in [0.15, 0.2) is 28.7 Å². The smallest absolute Gasteiger partial charge is 0.261 e. The van der Waals surface area contributed by atoms with Gasteiger partial charge in [0, 0.05) is 0 Å². The summed E-state index contributed by atoms with van der Waals surface area (Å²) in [5.74, 6) is 0.670. The lowest BCUT2D eigenvalue weighted by Crippen LogP contribution is -2.42. The summed E-state index contributed by atoms with van der Waals surface area (Å²) < 4.78 is 6.38. The molecule has 1 aromatic rings. The van der Waals surface area contributed by atoms with E-state index in [9.17, 15) is 4.79 Å². The molecular weight excluding hydrogens is 308 g/mol. The minimum atomic E-state index is -0.631. The second-order valence-electron chi connectivity index (χ2n) is 4.64. The van der Waals surface area contributed by atoms with Crippen LogP contribution in [0, 0.1) is 17.2 Å². The van der Waals surface area contributed by atoms with E-state index in [-0.39, 0.29) is 5.91 Å². The molecule has 0 radical (unpaired) electrons. The second kappa shape index (κ2) is 6.07. The van der Waals surface area contributed by atoms with Gasteiger partial charge in [0.25, 0.3) is 5.91 Å². The molecule has 0 bridgehead atoms. The number of carbonyl (C=O) groups excluding carboxylic acids is 1. The highest BCUT2D eigenvalue weighted by atomic mass is 79.9. The van der Waals surface area contributed by atoms with Crippen molar-refractivity contribution in [1.29, 1.82) is 5.26 Å². The minimum absolute atomic E-state index is 0.255. The maximum absolute atomic E-state index is 12.0. The van der Waals surface area contributed by atoms with Crippen molar-refractivity contribution in [2.75, 3.05) is 0 Å². The lowest BCUT2D eigenvalue weighted by Gasteiger charge is -2.17. The first-order chi connectivity index (χ1) is 9.11. The molecule has 100 valence electrons. The van der Waals surface area contributed by atoms with Crippen molar-refractivity contribution in [3.63, 3.8) is 0 Å². The van der Waals surface area contributed by atoms with Gasteiger partial charge in [-0.2, -0.15) is 5.26 Å². The molecule has 0 spiro atoms. The quantitative estimate of drug-likeness (QED) is 0.906. The average molecular weight is 323 g/mol. The largest absolute Gasteiger partial charge is 0.480 e. The molecule has 2 atom stereocenters. The third-order valence-electron chi connectivity index (χ3n) is 3.04. The van der Waals surface area contributed by atoms with Gasteiger partial charge in [0.15, 0.2) is 6.10 Å². The summed E-state index contributed by atoms with van der Waals surface area (Å²) in [6.45, 7) is 1.68. The number of amides is 1. The van der Waals surface area contributed by atoms with Crippen LogP contribution in [0.3, 0.4) is 0 Å². The Labute approximate surface area is 120 Å². The Bertz CT molecular complexity index is 508. The molecule has 1 aliphatic carbocycles. The third kappa shape index (κ3) is 3.71. The van der Waals surface area contributed by atoms with Crippen molar-refractivity contribution in [3.8, 4) is 11.8 Å². The Morgan fingerprint density at radius 1 is 1.53 bits per heavy atom. The molecule has 1 amide bonds. The number of carbonyl (C=O) groups is 1. The molecule has 1 N–H and O–H groups in total. The Balaban J connectivity index is 1.92. The average Bonchev–Trinajstić information content (AvgIpc) is 3.22. The number of hydrogen-bond donors (Lipinski definition) is 1. The van der Waals surface area contributed by atoms with Crippen molar-refractivity contribution in [3.05, 3.63) is 28.7 Å². The van der Waals surface area contributed by atoms with Gasteiger partial charge in [-0.3, -0.25) is 4.79 Å². The van der Waals surface area contributed by atoms with Crippen molar-refractivity contribution in [1.82, 2.24) is 5.32 Å². The SMILES string of the molecule is C[C@@H](Oc1ccccc1Br)C(=O)N[C@H](C#N)C1CC1. The number of nitriles is 1. The van der Waals surface area contributed by atoms with E-state index in [2.05, 4.69) is 27.3 Å². The van der Waals surface area contributed by atoms with E-state index in [0.717, 1.165) is 17.3 Å². The van der Waals surface area contributed by atoms with Crippen LogP contribution in [0.4, 0.5) is 0 Å². The zero-order valence-corrected chi connectivity index (χ0v) is 12.2. The van der Waals surface area contributed by atoms with Crippen LogP contribution in [0.5, 0.6) is 5.75 Å².